The lowest BCUT2D eigenvalue weighted by atomic mass is 9.90. The van der Waals surface area contributed by atoms with Crippen molar-refractivity contribution in [3.63, 3.8) is 0 Å². The van der Waals surface area contributed by atoms with E-state index in [0.717, 1.165) is 18.4 Å². The summed E-state index contributed by atoms with van der Waals surface area (Å²) in [5.41, 5.74) is 0.837. The van der Waals surface area contributed by atoms with Gasteiger partial charge in [0.25, 0.3) is 11.5 Å². The molecule has 0 spiro atoms. The number of rotatable bonds is 3. The fraction of sp³-hybridized carbons (Fsp3) is 0.294. The molecule has 2 N–H and O–H groups in total. The molecule has 3 rings (SSSR count). The van der Waals surface area contributed by atoms with Crippen molar-refractivity contribution in [2.45, 2.75) is 18.8 Å². The Hall–Kier alpha value is -2.96. The third-order valence-corrected chi connectivity index (χ3v) is 4.29. The first-order valence-corrected chi connectivity index (χ1v) is 7.71. The second kappa shape index (κ2) is 6.66. The number of nitrogens with one attached hydrogen (secondary N) is 1. The van der Waals surface area contributed by atoms with Crippen LogP contribution in [0.5, 0.6) is 0 Å². The van der Waals surface area contributed by atoms with Crippen LogP contribution in [0.2, 0.25) is 0 Å². The first-order valence-electron chi connectivity index (χ1n) is 7.71. The van der Waals surface area contributed by atoms with E-state index in [0.29, 0.717) is 13.1 Å². The number of nitrogens with zero attached hydrogens (tertiary/aromatic N) is 2. The predicted molar refractivity (Wildman–Crippen MR) is 86.1 cm³/mol. The highest BCUT2D eigenvalue weighted by Crippen LogP contribution is 2.27. The molecule has 1 fully saturated rings. The second-order valence-corrected chi connectivity index (χ2v) is 5.81. The maximum absolute atomic E-state index is 12.5. The van der Waals surface area contributed by atoms with Crippen LogP contribution in [0, 0.1) is 0 Å². The van der Waals surface area contributed by atoms with Crippen LogP contribution < -0.4 is 5.56 Å². The van der Waals surface area contributed by atoms with Crippen molar-refractivity contribution in [3.8, 4) is 0 Å². The van der Waals surface area contributed by atoms with Gasteiger partial charge in [-0.1, -0.05) is 12.1 Å². The minimum absolute atomic E-state index is 0.0411. The quantitative estimate of drug-likeness (QED) is 0.889. The van der Waals surface area contributed by atoms with E-state index < -0.39 is 11.5 Å². The molecule has 1 amide bonds. The molecular formula is C17H17N3O4. The summed E-state index contributed by atoms with van der Waals surface area (Å²) in [6.07, 6.45) is 4.28. The maximum Gasteiger partial charge on any atom is 0.335 e. The van der Waals surface area contributed by atoms with Crippen molar-refractivity contribution < 1.29 is 14.7 Å². The molecule has 1 aromatic carbocycles. The van der Waals surface area contributed by atoms with Crippen molar-refractivity contribution >= 4 is 11.9 Å². The number of hydrogen-bond donors (Lipinski definition) is 2. The largest absolute Gasteiger partial charge is 0.478 e. The monoisotopic (exact) mass is 327 g/mol. The van der Waals surface area contributed by atoms with E-state index in [1.165, 1.54) is 12.5 Å². The summed E-state index contributed by atoms with van der Waals surface area (Å²) in [5.74, 6) is -1.16. The Labute approximate surface area is 138 Å². The molecular weight excluding hydrogens is 310 g/mol. The Bertz CT molecular complexity index is 813. The summed E-state index contributed by atoms with van der Waals surface area (Å²) >= 11 is 0. The van der Waals surface area contributed by atoms with Crippen LogP contribution in [0.1, 0.15) is 45.0 Å². The summed E-state index contributed by atoms with van der Waals surface area (Å²) in [6, 6.07) is 6.73. The van der Waals surface area contributed by atoms with Gasteiger partial charge in [-0.05, 0) is 30.5 Å². The standard InChI is InChI=1S/C17H17N3O4/c21-15-14(8-18-10-19-15)16(22)20-7-1-2-13(9-20)11-3-5-12(6-4-11)17(23)24/h3-6,8,10,13H,1-2,7,9H2,(H,23,24)(H,18,19,21)/t13-/m0/s1. The lowest BCUT2D eigenvalue weighted by molar-refractivity contribution is 0.0693. The Morgan fingerprint density at radius 1 is 1.25 bits per heavy atom. The SMILES string of the molecule is O=C(O)c1ccc([C@H]2CCCN(C(=O)c3cnc[nH]c3=O)C2)cc1. The number of benzene rings is 1. The van der Waals surface area contributed by atoms with Gasteiger partial charge in [-0.15, -0.1) is 0 Å². The molecule has 0 unspecified atom stereocenters. The van der Waals surface area contributed by atoms with Crippen molar-refractivity contribution in [1.82, 2.24) is 14.9 Å². The van der Waals surface area contributed by atoms with E-state index in [4.69, 9.17) is 5.11 Å². The number of H-pyrrole nitrogens is 1. The molecule has 1 aromatic heterocycles. The Kier molecular flexibility index (Phi) is 4.41. The van der Waals surface area contributed by atoms with Gasteiger partial charge >= 0.3 is 5.97 Å². The zero-order valence-corrected chi connectivity index (χ0v) is 12.9. The third kappa shape index (κ3) is 3.19. The zero-order chi connectivity index (χ0) is 17.1. The van der Waals surface area contributed by atoms with Crippen LogP contribution in [-0.4, -0.2) is 44.9 Å². The number of carbonyl (C=O) groups is 2. The Balaban J connectivity index is 1.77. The smallest absolute Gasteiger partial charge is 0.335 e. The minimum atomic E-state index is -0.960. The maximum atomic E-state index is 12.5. The molecule has 1 aliphatic rings. The molecule has 2 aromatic rings. The van der Waals surface area contributed by atoms with Crippen LogP contribution in [-0.2, 0) is 0 Å². The van der Waals surface area contributed by atoms with Crippen LogP contribution in [0.4, 0.5) is 0 Å². The van der Waals surface area contributed by atoms with Crippen LogP contribution in [0.15, 0.2) is 41.6 Å². The Morgan fingerprint density at radius 2 is 2.00 bits per heavy atom. The van der Waals surface area contributed by atoms with Crippen LogP contribution in [0.25, 0.3) is 0 Å². The normalized spacial score (nSPS) is 17.5. The lowest BCUT2D eigenvalue weighted by Crippen LogP contribution is -2.41. The molecule has 24 heavy (non-hydrogen) atoms. The van der Waals surface area contributed by atoms with Gasteiger partial charge in [0, 0.05) is 25.2 Å². The topological polar surface area (TPSA) is 103 Å². The number of carbonyl (C=O) groups excluding carboxylic acids is 1. The van der Waals surface area contributed by atoms with Gasteiger partial charge in [0.2, 0.25) is 0 Å². The van der Waals surface area contributed by atoms with E-state index in [2.05, 4.69) is 9.97 Å². The van der Waals surface area contributed by atoms with Gasteiger partial charge in [0.1, 0.15) is 5.56 Å². The van der Waals surface area contributed by atoms with Gasteiger partial charge in [0.05, 0.1) is 11.9 Å². The number of aromatic amines is 1. The highest BCUT2D eigenvalue weighted by Gasteiger charge is 2.27. The molecule has 1 atom stereocenters. The molecule has 0 radical (unpaired) electrons. The number of hydrogen-bond acceptors (Lipinski definition) is 4. The molecule has 0 saturated carbocycles. The van der Waals surface area contributed by atoms with Gasteiger partial charge in [-0.25, -0.2) is 9.78 Å². The van der Waals surface area contributed by atoms with Gasteiger partial charge in [-0.3, -0.25) is 9.59 Å². The zero-order valence-electron chi connectivity index (χ0n) is 12.9. The highest BCUT2D eigenvalue weighted by molar-refractivity contribution is 5.93. The van der Waals surface area contributed by atoms with E-state index >= 15 is 0 Å². The fourth-order valence-corrected chi connectivity index (χ4v) is 3.00. The number of carboxylic acid groups (broad SMARTS) is 1. The molecule has 124 valence electrons. The third-order valence-electron chi connectivity index (χ3n) is 4.29. The van der Waals surface area contributed by atoms with Gasteiger partial charge in [-0.2, -0.15) is 0 Å². The summed E-state index contributed by atoms with van der Waals surface area (Å²) in [7, 11) is 0. The molecule has 2 heterocycles. The summed E-state index contributed by atoms with van der Waals surface area (Å²) in [4.78, 5) is 43.1. The van der Waals surface area contributed by atoms with Crippen molar-refractivity contribution in [1.29, 1.82) is 0 Å². The number of carboxylic acids is 1. The molecule has 0 aliphatic carbocycles. The first-order chi connectivity index (χ1) is 11.6. The van der Waals surface area contributed by atoms with E-state index in [-0.39, 0.29) is 23.0 Å². The lowest BCUT2D eigenvalue weighted by Gasteiger charge is -2.33. The van der Waals surface area contributed by atoms with Crippen molar-refractivity contribution in [2.24, 2.45) is 0 Å². The fourth-order valence-electron chi connectivity index (χ4n) is 3.00. The predicted octanol–water partition coefficient (Wildman–Crippen LogP) is 1.49. The van der Waals surface area contributed by atoms with Gasteiger partial charge < -0.3 is 15.0 Å². The summed E-state index contributed by atoms with van der Waals surface area (Å²) in [5, 5.41) is 8.96. The van der Waals surface area contributed by atoms with E-state index in [1.807, 2.05) is 0 Å². The first kappa shape index (κ1) is 15.9. The molecule has 7 nitrogen and oxygen atoms in total. The average molecular weight is 327 g/mol. The number of likely N-dealkylation sites (tertiary alicyclic amines) is 1. The number of amides is 1. The van der Waals surface area contributed by atoms with E-state index in [9.17, 15) is 14.4 Å². The van der Waals surface area contributed by atoms with Crippen molar-refractivity contribution in [3.05, 3.63) is 63.8 Å². The summed E-state index contributed by atoms with van der Waals surface area (Å²) < 4.78 is 0. The van der Waals surface area contributed by atoms with Crippen LogP contribution >= 0.6 is 0 Å². The number of aromatic nitrogens is 2. The minimum Gasteiger partial charge on any atom is -0.478 e. The summed E-state index contributed by atoms with van der Waals surface area (Å²) in [6.45, 7) is 1.09. The van der Waals surface area contributed by atoms with Crippen LogP contribution in [0.3, 0.4) is 0 Å². The Morgan fingerprint density at radius 3 is 2.67 bits per heavy atom. The molecule has 0 bridgehead atoms. The molecule has 1 aliphatic heterocycles. The molecule has 7 heteroatoms. The molecule has 1 saturated heterocycles. The van der Waals surface area contributed by atoms with Crippen molar-refractivity contribution in [2.75, 3.05) is 13.1 Å². The number of aromatic carboxylic acids is 1. The van der Waals surface area contributed by atoms with Gasteiger partial charge in [0.15, 0.2) is 0 Å². The highest BCUT2D eigenvalue weighted by atomic mass is 16.4. The number of piperidine rings is 1. The average Bonchev–Trinajstić information content (AvgIpc) is 2.62. The second-order valence-electron chi connectivity index (χ2n) is 5.81. The van der Waals surface area contributed by atoms with E-state index in [1.54, 1.807) is 29.2 Å².